The van der Waals surface area contributed by atoms with Crippen molar-refractivity contribution in [2.24, 2.45) is 5.10 Å². The molecule has 3 aromatic rings. The SMILES string of the molecule is COc1ccc(C2Oc3ccc(Cl)cc3C3CC(c4cccs4)=NN32)cc1Br. The summed E-state index contributed by atoms with van der Waals surface area (Å²) in [6.07, 6.45) is 0.503. The fourth-order valence-corrected chi connectivity index (χ4v) is 5.17. The van der Waals surface area contributed by atoms with Gasteiger partial charge in [-0.1, -0.05) is 17.7 Å². The maximum atomic E-state index is 6.38. The first-order valence-electron chi connectivity index (χ1n) is 8.83. The van der Waals surface area contributed by atoms with Crippen LogP contribution in [0.1, 0.15) is 34.7 Å². The van der Waals surface area contributed by atoms with E-state index in [0.29, 0.717) is 5.02 Å². The lowest BCUT2D eigenvalue weighted by Gasteiger charge is -2.38. The van der Waals surface area contributed by atoms with Crippen molar-refractivity contribution in [3.63, 3.8) is 0 Å². The first kappa shape index (κ1) is 18.0. The summed E-state index contributed by atoms with van der Waals surface area (Å²) in [5.41, 5.74) is 3.16. The van der Waals surface area contributed by atoms with E-state index in [1.165, 1.54) is 4.88 Å². The van der Waals surface area contributed by atoms with Crippen LogP contribution in [0.15, 0.2) is 63.5 Å². The molecule has 7 heteroatoms. The lowest BCUT2D eigenvalue weighted by Crippen LogP contribution is -2.33. The molecule has 3 heterocycles. The van der Waals surface area contributed by atoms with Crippen molar-refractivity contribution in [2.75, 3.05) is 7.11 Å². The number of halogens is 2. The fraction of sp³-hybridized carbons (Fsp3) is 0.190. The molecule has 5 rings (SSSR count). The molecule has 0 N–H and O–H groups in total. The molecule has 28 heavy (non-hydrogen) atoms. The van der Waals surface area contributed by atoms with Crippen LogP contribution in [0.5, 0.6) is 11.5 Å². The number of hydrazone groups is 1. The van der Waals surface area contributed by atoms with Gasteiger partial charge in [-0.15, -0.1) is 11.3 Å². The Labute approximate surface area is 180 Å². The lowest BCUT2D eigenvalue weighted by molar-refractivity contribution is -0.0190. The predicted octanol–water partition coefficient (Wildman–Crippen LogP) is 6.41. The number of ether oxygens (including phenoxy) is 2. The maximum absolute atomic E-state index is 6.38. The molecule has 1 aromatic heterocycles. The largest absolute Gasteiger partial charge is 0.496 e. The number of nitrogens with zero attached hydrogens (tertiary/aromatic N) is 2. The van der Waals surface area contributed by atoms with Crippen LogP contribution in [0, 0.1) is 0 Å². The van der Waals surface area contributed by atoms with Crippen LogP contribution >= 0.6 is 38.9 Å². The van der Waals surface area contributed by atoms with E-state index in [1.54, 1.807) is 18.4 Å². The zero-order valence-corrected chi connectivity index (χ0v) is 18.1. The summed E-state index contributed by atoms with van der Waals surface area (Å²) in [7, 11) is 1.66. The van der Waals surface area contributed by atoms with E-state index in [0.717, 1.165) is 39.2 Å². The second-order valence-electron chi connectivity index (χ2n) is 6.67. The quantitative estimate of drug-likeness (QED) is 0.438. The van der Waals surface area contributed by atoms with Crippen molar-refractivity contribution in [1.29, 1.82) is 0 Å². The van der Waals surface area contributed by atoms with Crippen LogP contribution in [-0.2, 0) is 0 Å². The van der Waals surface area contributed by atoms with Gasteiger partial charge in [0.05, 0.1) is 28.2 Å². The van der Waals surface area contributed by atoms with E-state index in [1.807, 2.05) is 36.4 Å². The van der Waals surface area contributed by atoms with Crippen molar-refractivity contribution >= 4 is 44.6 Å². The van der Waals surface area contributed by atoms with Crippen LogP contribution in [0.2, 0.25) is 5.02 Å². The highest BCUT2D eigenvalue weighted by Crippen LogP contribution is 2.48. The zero-order chi connectivity index (χ0) is 19.3. The van der Waals surface area contributed by atoms with Crippen molar-refractivity contribution < 1.29 is 9.47 Å². The molecule has 2 atom stereocenters. The van der Waals surface area contributed by atoms with E-state index in [4.69, 9.17) is 26.2 Å². The molecule has 142 valence electrons. The third kappa shape index (κ3) is 3.00. The van der Waals surface area contributed by atoms with E-state index in [9.17, 15) is 0 Å². The van der Waals surface area contributed by atoms with Gasteiger partial charge in [0, 0.05) is 22.6 Å². The van der Waals surface area contributed by atoms with Gasteiger partial charge in [-0.2, -0.15) is 5.10 Å². The second kappa shape index (κ2) is 7.10. The zero-order valence-electron chi connectivity index (χ0n) is 14.9. The molecular formula is C21H16BrClN2O2S. The van der Waals surface area contributed by atoms with Crippen molar-refractivity contribution in [3.8, 4) is 11.5 Å². The van der Waals surface area contributed by atoms with Gasteiger partial charge in [0.2, 0.25) is 6.23 Å². The van der Waals surface area contributed by atoms with Crippen molar-refractivity contribution in [3.05, 3.63) is 79.4 Å². The molecule has 2 aliphatic heterocycles. The molecule has 0 fully saturated rings. The molecule has 2 unspecified atom stereocenters. The van der Waals surface area contributed by atoms with Gasteiger partial charge in [-0.25, -0.2) is 5.01 Å². The summed E-state index contributed by atoms with van der Waals surface area (Å²) in [6.45, 7) is 0. The highest BCUT2D eigenvalue weighted by molar-refractivity contribution is 9.10. The van der Waals surface area contributed by atoms with Crippen LogP contribution in [0.3, 0.4) is 0 Å². The van der Waals surface area contributed by atoms with Gasteiger partial charge in [-0.05, 0) is 63.8 Å². The monoisotopic (exact) mass is 474 g/mol. The van der Waals surface area contributed by atoms with Crippen molar-refractivity contribution in [1.82, 2.24) is 5.01 Å². The first-order valence-corrected chi connectivity index (χ1v) is 10.9. The van der Waals surface area contributed by atoms with Gasteiger partial charge in [0.25, 0.3) is 0 Å². The van der Waals surface area contributed by atoms with Crippen molar-refractivity contribution in [2.45, 2.75) is 18.7 Å². The van der Waals surface area contributed by atoms with Gasteiger partial charge in [0.1, 0.15) is 11.5 Å². The highest BCUT2D eigenvalue weighted by Gasteiger charge is 2.41. The lowest BCUT2D eigenvalue weighted by atomic mass is 9.97. The minimum atomic E-state index is -0.321. The Kier molecular flexibility index (Phi) is 4.57. The van der Waals surface area contributed by atoms with Crippen LogP contribution < -0.4 is 9.47 Å². The second-order valence-corrected chi connectivity index (χ2v) is 8.91. The fourth-order valence-electron chi connectivity index (χ4n) is 3.71. The Balaban J connectivity index is 1.60. The molecule has 0 saturated carbocycles. The summed E-state index contributed by atoms with van der Waals surface area (Å²) < 4.78 is 12.6. The summed E-state index contributed by atoms with van der Waals surface area (Å²) in [5, 5.41) is 9.80. The van der Waals surface area contributed by atoms with Crippen LogP contribution in [0.25, 0.3) is 0 Å². The third-order valence-electron chi connectivity index (χ3n) is 5.02. The molecular weight excluding hydrogens is 460 g/mol. The number of hydrogen-bond acceptors (Lipinski definition) is 5. The molecule has 4 nitrogen and oxygen atoms in total. The smallest absolute Gasteiger partial charge is 0.213 e. The minimum absolute atomic E-state index is 0.0884. The molecule has 2 aromatic carbocycles. The van der Waals surface area contributed by atoms with E-state index < -0.39 is 0 Å². The average molecular weight is 476 g/mol. The van der Waals surface area contributed by atoms with E-state index >= 15 is 0 Å². The number of hydrogen-bond donors (Lipinski definition) is 0. The molecule has 2 aliphatic rings. The molecule has 0 bridgehead atoms. The number of methoxy groups -OCH3 is 1. The summed E-state index contributed by atoms with van der Waals surface area (Å²) >= 11 is 11.6. The number of benzene rings is 2. The van der Waals surface area contributed by atoms with Gasteiger partial charge >= 0.3 is 0 Å². The van der Waals surface area contributed by atoms with Crippen LogP contribution in [0.4, 0.5) is 0 Å². The van der Waals surface area contributed by atoms with Gasteiger partial charge < -0.3 is 9.47 Å². The minimum Gasteiger partial charge on any atom is -0.496 e. The van der Waals surface area contributed by atoms with E-state index in [2.05, 4.69) is 38.5 Å². The first-order chi connectivity index (χ1) is 13.6. The summed E-state index contributed by atoms with van der Waals surface area (Å²) in [4.78, 5) is 1.19. The van der Waals surface area contributed by atoms with Gasteiger partial charge in [-0.3, -0.25) is 0 Å². The number of fused-ring (bicyclic) bond motifs is 3. The Morgan fingerprint density at radius 1 is 1.25 bits per heavy atom. The molecule has 0 saturated heterocycles. The maximum Gasteiger partial charge on any atom is 0.213 e. The Morgan fingerprint density at radius 3 is 2.89 bits per heavy atom. The Bertz CT molecular complexity index is 1070. The number of thiophene rings is 1. The normalized spacial score (nSPS) is 20.2. The average Bonchev–Trinajstić information content (AvgIpc) is 3.37. The Morgan fingerprint density at radius 2 is 2.14 bits per heavy atom. The topological polar surface area (TPSA) is 34.1 Å². The molecule has 0 spiro atoms. The summed E-state index contributed by atoms with van der Waals surface area (Å²) in [5.74, 6) is 1.64. The predicted molar refractivity (Wildman–Crippen MR) is 116 cm³/mol. The number of rotatable bonds is 3. The standard InChI is InChI=1S/C21H16BrClN2O2S/c1-26-19-6-4-12(9-15(19)22)21-25-17(11-16(24-25)20-3-2-8-28-20)14-10-13(23)5-7-18(14)27-21/h2-10,17,21H,11H2,1H3. The Hall–Kier alpha value is -2.02. The van der Waals surface area contributed by atoms with Gasteiger partial charge in [0.15, 0.2) is 0 Å². The molecule has 0 radical (unpaired) electrons. The van der Waals surface area contributed by atoms with E-state index in [-0.39, 0.29) is 12.3 Å². The molecule has 0 aliphatic carbocycles. The highest BCUT2D eigenvalue weighted by atomic mass is 79.9. The summed E-state index contributed by atoms with van der Waals surface area (Å²) in [6, 6.07) is 16.0. The third-order valence-corrected chi connectivity index (χ3v) is 6.79. The molecule has 0 amide bonds. The van der Waals surface area contributed by atoms with Crippen LogP contribution in [-0.4, -0.2) is 17.8 Å².